The van der Waals surface area contributed by atoms with Gasteiger partial charge in [-0.2, -0.15) is 0 Å². The SMILES string of the molecule is CN1C[C@H]2CN(C(=O)c3cncs3)CC[C@@H]2OCC1=O. The number of ether oxygens (including phenoxy) is 1. The lowest BCUT2D eigenvalue weighted by Gasteiger charge is -2.37. The summed E-state index contributed by atoms with van der Waals surface area (Å²) in [5.41, 5.74) is 1.67. The van der Waals surface area contributed by atoms with Crippen LogP contribution in [0.4, 0.5) is 0 Å². The molecular formula is C13H17N3O3S. The molecule has 0 N–H and O–H groups in total. The second-order valence-electron chi connectivity index (χ2n) is 5.29. The molecule has 3 heterocycles. The zero-order chi connectivity index (χ0) is 14.1. The van der Waals surface area contributed by atoms with Crippen molar-refractivity contribution in [3.63, 3.8) is 0 Å². The van der Waals surface area contributed by atoms with E-state index in [0.29, 0.717) is 24.5 Å². The summed E-state index contributed by atoms with van der Waals surface area (Å²) in [6, 6.07) is 0. The number of amides is 2. The normalized spacial score (nSPS) is 27.1. The molecule has 108 valence electrons. The van der Waals surface area contributed by atoms with E-state index < -0.39 is 0 Å². The molecule has 0 spiro atoms. The van der Waals surface area contributed by atoms with E-state index in [1.807, 2.05) is 4.90 Å². The molecule has 2 aliphatic rings. The minimum atomic E-state index is 0.0136. The molecule has 2 aliphatic heterocycles. The molecule has 2 amide bonds. The number of piperidine rings is 1. The van der Waals surface area contributed by atoms with Crippen LogP contribution in [0.1, 0.15) is 16.1 Å². The van der Waals surface area contributed by atoms with Crippen molar-refractivity contribution in [2.75, 3.05) is 33.3 Å². The fourth-order valence-corrected chi connectivity index (χ4v) is 3.40. The van der Waals surface area contributed by atoms with Crippen LogP contribution >= 0.6 is 11.3 Å². The van der Waals surface area contributed by atoms with Crippen molar-refractivity contribution in [2.45, 2.75) is 12.5 Å². The van der Waals surface area contributed by atoms with Gasteiger partial charge in [0.2, 0.25) is 5.91 Å². The molecule has 2 atom stereocenters. The van der Waals surface area contributed by atoms with Gasteiger partial charge in [0, 0.05) is 32.6 Å². The van der Waals surface area contributed by atoms with Crippen LogP contribution in [0.2, 0.25) is 0 Å². The van der Waals surface area contributed by atoms with Gasteiger partial charge in [0.25, 0.3) is 5.91 Å². The molecule has 1 aromatic rings. The fourth-order valence-electron chi connectivity index (χ4n) is 2.81. The Bertz CT molecular complexity index is 505. The number of likely N-dealkylation sites (tertiary alicyclic amines) is 1. The van der Waals surface area contributed by atoms with Crippen LogP contribution in [0, 0.1) is 5.92 Å². The Kier molecular flexibility index (Phi) is 3.71. The minimum absolute atomic E-state index is 0.0136. The molecule has 0 saturated carbocycles. The monoisotopic (exact) mass is 295 g/mol. The third kappa shape index (κ3) is 2.55. The average Bonchev–Trinajstić information content (AvgIpc) is 2.94. The molecule has 0 unspecified atom stereocenters. The molecule has 0 radical (unpaired) electrons. The van der Waals surface area contributed by atoms with Crippen molar-refractivity contribution >= 4 is 23.2 Å². The molecule has 0 aromatic carbocycles. The Morgan fingerprint density at radius 2 is 2.35 bits per heavy atom. The Labute approximate surface area is 121 Å². The molecule has 0 bridgehead atoms. The number of aromatic nitrogens is 1. The first kappa shape index (κ1) is 13.5. The van der Waals surface area contributed by atoms with Crippen LogP contribution in [0.25, 0.3) is 0 Å². The molecule has 2 fully saturated rings. The van der Waals surface area contributed by atoms with Crippen LogP contribution in [0.5, 0.6) is 0 Å². The summed E-state index contributed by atoms with van der Waals surface area (Å²) < 4.78 is 5.67. The Morgan fingerprint density at radius 3 is 3.10 bits per heavy atom. The van der Waals surface area contributed by atoms with E-state index in [1.54, 1.807) is 23.7 Å². The minimum Gasteiger partial charge on any atom is -0.368 e. The topological polar surface area (TPSA) is 62.7 Å². The number of fused-ring (bicyclic) bond motifs is 1. The van der Waals surface area contributed by atoms with Crippen molar-refractivity contribution in [1.29, 1.82) is 0 Å². The van der Waals surface area contributed by atoms with E-state index in [2.05, 4.69) is 4.98 Å². The summed E-state index contributed by atoms with van der Waals surface area (Å²) >= 11 is 1.36. The van der Waals surface area contributed by atoms with Crippen molar-refractivity contribution in [3.8, 4) is 0 Å². The van der Waals surface area contributed by atoms with Crippen LogP contribution in [-0.4, -0.2) is 66.0 Å². The molecular weight excluding hydrogens is 278 g/mol. The molecule has 1 aromatic heterocycles. The van der Waals surface area contributed by atoms with Crippen LogP contribution in [-0.2, 0) is 9.53 Å². The number of carbonyl (C=O) groups excluding carboxylic acids is 2. The second kappa shape index (κ2) is 5.49. The Morgan fingerprint density at radius 1 is 1.50 bits per heavy atom. The summed E-state index contributed by atoms with van der Waals surface area (Å²) in [5.74, 6) is 0.237. The number of likely N-dealkylation sites (N-methyl/N-ethyl adjacent to an activating group) is 1. The van der Waals surface area contributed by atoms with Crippen LogP contribution < -0.4 is 0 Å². The van der Waals surface area contributed by atoms with E-state index in [0.717, 1.165) is 6.42 Å². The van der Waals surface area contributed by atoms with E-state index in [1.165, 1.54) is 11.3 Å². The number of nitrogens with zero attached hydrogens (tertiary/aromatic N) is 3. The average molecular weight is 295 g/mol. The van der Waals surface area contributed by atoms with Gasteiger partial charge in [0.05, 0.1) is 17.8 Å². The predicted octanol–water partition coefficient (Wildman–Crippen LogP) is 0.462. The lowest BCUT2D eigenvalue weighted by molar-refractivity contribution is -0.133. The first-order valence-electron chi connectivity index (χ1n) is 6.68. The number of hydrogen-bond acceptors (Lipinski definition) is 5. The van der Waals surface area contributed by atoms with Gasteiger partial charge in [-0.15, -0.1) is 11.3 Å². The third-order valence-corrected chi connectivity index (χ3v) is 4.71. The quantitative estimate of drug-likeness (QED) is 0.755. The van der Waals surface area contributed by atoms with Crippen molar-refractivity contribution < 1.29 is 14.3 Å². The third-order valence-electron chi connectivity index (χ3n) is 3.95. The summed E-state index contributed by atoms with van der Waals surface area (Å²) in [7, 11) is 1.79. The largest absolute Gasteiger partial charge is 0.368 e. The predicted molar refractivity (Wildman–Crippen MR) is 73.5 cm³/mol. The summed E-state index contributed by atoms with van der Waals surface area (Å²) in [6.07, 6.45) is 2.48. The zero-order valence-corrected chi connectivity index (χ0v) is 12.1. The highest BCUT2D eigenvalue weighted by Gasteiger charge is 2.36. The highest BCUT2D eigenvalue weighted by molar-refractivity contribution is 7.11. The van der Waals surface area contributed by atoms with Gasteiger partial charge in [-0.05, 0) is 6.42 Å². The first-order valence-corrected chi connectivity index (χ1v) is 7.56. The maximum atomic E-state index is 12.3. The van der Waals surface area contributed by atoms with E-state index >= 15 is 0 Å². The van der Waals surface area contributed by atoms with Gasteiger partial charge >= 0.3 is 0 Å². The molecule has 3 rings (SSSR count). The highest BCUT2D eigenvalue weighted by Crippen LogP contribution is 2.25. The van der Waals surface area contributed by atoms with E-state index in [-0.39, 0.29) is 30.4 Å². The number of thiazole rings is 1. The lowest BCUT2D eigenvalue weighted by Crippen LogP contribution is -2.48. The number of carbonyl (C=O) groups is 2. The maximum Gasteiger partial charge on any atom is 0.265 e. The lowest BCUT2D eigenvalue weighted by atomic mass is 9.94. The molecule has 7 heteroatoms. The second-order valence-corrected chi connectivity index (χ2v) is 6.18. The van der Waals surface area contributed by atoms with Crippen molar-refractivity contribution in [3.05, 3.63) is 16.6 Å². The van der Waals surface area contributed by atoms with E-state index in [9.17, 15) is 9.59 Å². The van der Waals surface area contributed by atoms with Crippen LogP contribution in [0.15, 0.2) is 11.7 Å². The van der Waals surface area contributed by atoms with Gasteiger partial charge in [0.15, 0.2) is 0 Å². The number of rotatable bonds is 1. The standard InChI is InChI=1S/C13H17N3O3S/c1-15-5-9-6-16(13(18)11-4-14-8-20-11)3-2-10(9)19-7-12(15)17/h4,8-10H,2-3,5-7H2,1H3/t9-,10-/m0/s1. The van der Waals surface area contributed by atoms with Gasteiger partial charge in [-0.1, -0.05) is 0 Å². The molecule has 0 aliphatic carbocycles. The summed E-state index contributed by atoms with van der Waals surface area (Å²) in [5, 5.41) is 0. The fraction of sp³-hybridized carbons (Fsp3) is 0.615. The van der Waals surface area contributed by atoms with E-state index in [4.69, 9.17) is 4.74 Å². The molecule has 20 heavy (non-hydrogen) atoms. The number of hydrogen-bond donors (Lipinski definition) is 0. The van der Waals surface area contributed by atoms with Crippen molar-refractivity contribution in [1.82, 2.24) is 14.8 Å². The summed E-state index contributed by atoms with van der Waals surface area (Å²) in [6.45, 7) is 2.12. The maximum absolute atomic E-state index is 12.3. The molecule has 2 saturated heterocycles. The van der Waals surface area contributed by atoms with Crippen LogP contribution in [0.3, 0.4) is 0 Å². The van der Waals surface area contributed by atoms with Crippen molar-refractivity contribution in [2.24, 2.45) is 5.92 Å². The zero-order valence-electron chi connectivity index (χ0n) is 11.3. The Balaban J connectivity index is 1.70. The first-order chi connectivity index (χ1) is 9.65. The molecule has 6 nitrogen and oxygen atoms in total. The van der Waals surface area contributed by atoms with Gasteiger partial charge in [-0.3, -0.25) is 14.6 Å². The van der Waals surface area contributed by atoms with Gasteiger partial charge < -0.3 is 14.5 Å². The highest BCUT2D eigenvalue weighted by atomic mass is 32.1. The smallest absolute Gasteiger partial charge is 0.265 e. The summed E-state index contributed by atoms with van der Waals surface area (Å²) in [4.78, 5) is 32.2. The van der Waals surface area contributed by atoms with Gasteiger partial charge in [-0.25, -0.2) is 0 Å². The Hall–Kier alpha value is -1.47. The van der Waals surface area contributed by atoms with Gasteiger partial charge in [0.1, 0.15) is 11.5 Å².